The van der Waals surface area contributed by atoms with Gasteiger partial charge in [-0.15, -0.1) is 11.3 Å². The van der Waals surface area contributed by atoms with E-state index in [1.54, 1.807) is 11.3 Å². The molecule has 5 N–H and O–H groups in total. The van der Waals surface area contributed by atoms with Crippen LogP contribution in [0.4, 0.5) is 0 Å². The van der Waals surface area contributed by atoms with Crippen molar-refractivity contribution in [3.63, 3.8) is 0 Å². The fraction of sp³-hybridized carbons (Fsp3) is 0.0541. The summed E-state index contributed by atoms with van der Waals surface area (Å²) in [5.41, 5.74) is 17.0. The molecule has 0 aliphatic carbocycles. The number of nitrogen functional groups attached to an aromatic ring is 1. The summed E-state index contributed by atoms with van der Waals surface area (Å²) in [6.07, 6.45) is 0. The van der Waals surface area contributed by atoms with Gasteiger partial charge in [0.05, 0.1) is 0 Å². The monoisotopic (exact) mass is 551 g/mol. The van der Waals surface area contributed by atoms with Gasteiger partial charge in [0.2, 0.25) is 0 Å². The van der Waals surface area contributed by atoms with E-state index in [1.165, 1.54) is 47.8 Å². The van der Waals surface area contributed by atoms with Crippen LogP contribution < -0.4 is 11.5 Å². The van der Waals surface area contributed by atoms with E-state index in [0.717, 1.165) is 10.9 Å². The Bertz CT molecular complexity index is 1900. The van der Waals surface area contributed by atoms with E-state index in [1.807, 2.05) is 42.5 Å². The Kier molecular flexibility index (Phi) is 8.85. The number of thiophene rings is 1. The van der Waals surface area contributed by atoms with Crippen LogP contribution in [0, 0.1) is 12.3 Å². The predicted octanol–water partition coefficient (Wildman–Crippen LogP) is 9.30. The molecule has 202 valence electrons. The van der Waals surface area contributed by atoms with Gasteiger partial charge in [0.25, 0.3) is 0 Å². The van der Waals surface area contributed by atoms with Crippen molar-refractivity contribution in [1.29, 1.82) is 5.41 Å². The van der Waals surface area contributed by atoms with E-state index >= 15 is 0 Å². The normalized spacial score (nSPS) is 10.5. The second-order valence-electron chi connectivity index (χ2n) is 9.81. The number of fused-ring (bicyclic) bond motifs is 4. The number of rotatable bonds is 3. The van der Waals surface area contributed by atoms with Gasteiger partial charge in [-0.25, -0.2) is 0 Å². The SMILES string of the molecule is Cc1ccc2ccccc2c1.N=C(N)c1cccc2sc3ccccc3c12.NCc1ccc(-c2ccccc2)cc1. The molecule has 1 heterocycles. The number of aryl methyl sites for hydroxylation is 1. The molecule has 7 aromatic rings. The lowest BCUT2D eigenvalue weighted by atomic mass is 10.0. The highest BCUT2D eigenvalue weighted by Gasteiger charge is 2.09. The van der Waals surface area contributed by atoms with Crippen LogP contribution in [0.15, 0.2) is 140 Å². The molecule has 0 fully saturated rings. The number of nitrogens with two attached hydrogens (primary N) is 2. The lowest BCUT2D eigenvalue weighted by molar-refractivity contribution is 1.07. The van der Waals surface area contributed by atoms with Crippen LogP contribution in [0.5, 0.6) is 0 Å². The average Bonchev–Trinajstić information content (AvgIpc) is 3.41. The summed E-state index contributed by atoms with van der Waals surface area (Å²) in [4.78, 5) is 0. The average molecular weight is 552 g/mol. The standard InChI is InChI=1S/C13H10N2S.C13H13N.C11H10/c14-13(15)9-5-3-7-11-12(9)8-4-1-2-6-10(8)16-11;14-10-11-6-8-13(9-7-11)12-4-2-1-3-5-12;1-9-6-7-10-4-2-3-5-11(10)8-9/h1-7H,(H3,14,15);1-9H,10,14H2;2-8H,1H3. The van der Waals surface area contributed by atoms with Gasteiger partial charge in [-0.2, -0.15) is 0 Å². The van der Waals surface area contributed by atoms with Gasteiger partial charge in [-0.1, -0.05) is 133 Å². The molecule has 0 aliphatic rings. The number of hydrogen-bond donors (Lipinski definition) is 3. The molecule has 0 aliphatic heterocycles. The minimum Gasteiger partial charge on any atom is -0.384 e. The lowest BCUT2D eigenvalue weighted by Crippen LogP contribution is -2.10. The van der Waals surface area contributed by atoms with E-state index in [2.05, 4.69) is 104 Å². The van der Waals surface area contributed by atoms with Crippen molar-refractivity contribution < 1.29 is 0 Å². The van der Waals surface area contributed by atoms with Crippen molar-refractivity contribution in [3.8, 4) is 11.1 Å². The van der Waals surface area contributed by atoms with Gasteiger partial charge >= 0.3 is 0 Å². The number of amidine groups is 1. The van der Waals surface area contributed by atoms with Crippen molar-refractivity contribution >= 4 is 48.1 Å². The second kappa shape index (κ2) is 13.1. The Balaban J connectivity index is 0.000000126. The van der Waals surface area contributed by atoms with Gasteiger partial charge in [0.1, 0.15) is 5.84 Å². The molecule has 0 bridgehead atoms. The highest BCUT2D eigenvalue weighted by atomic mass is 32.1. The number of hydrogen-bond acceptors (Lipinski definition) is 3. The van der Waals surface area contributed by atoms with Crippen molar-refractivity contribution in [2.24, 2.45) is 11.5 Å². The van der Waals surface area contributed by atoms with Gasteiger partial charge in [-0.3, -0.25) is 5.41 Å². The molecular weight excluding hydrogens is 518 g/mol. The van der Waals surface area contributed by atoms with Crippen LogP contribution in [0.2, 0.25) is 0 Å². The molecule has 0 amide bonds. The van der Waals surface area contributed by atoms with Crippen molar-refractivity contribution in [3.05, 3.63) is 156 Å². The lowest BCUT2D eigenvalue weighted by Gasteiger charge is -2.02. The zero-order valence-electron chi connectivity index (χ0n) is 23.0. The van der Waals surface area contributed by atoms with Crippen LogP contribution in [0.25, 0.3) is 42.1 Å². The van der Waals surface area contributed by atoms with Gasteiger partial charge in [0.15, 0.2) is 0 Å². The maximum atomic E-state index is 7.61. The summed E-state index contributed by atoms with van der Waals surface area (Å²) in [7, 11) is 0. The summed E-state index contributed by atoms with van der Waals surface area (Å²) in [6, 6.07) is 47.8. The fourth-order valence-corrected chi connectivity index (χ4v) is 5.90. The summed E-state index contributed by atoms with van der Waals surface area (Å²) in [5, 5.41) is 12.6. The molecule has 1 aromatic heterocycles. The zero-order chi connectivity index (χ0) is 28.6. The Morgan fingerprint density at radius 1 is 0.634 bits per heavy atom. The molecule has 41 heavy (non-hydrogen) atoms. The number of benzene rings is 6. The van der Waals surface area contributed by atoms with Crippen LogP contribution in [-0.2, 0) is 6.54 Å². The maximum absolute atomic E-state index is 7.61. The van der Waals surface area contributed by atoms with Crippen molar-refractivity contribution in [2.45, 2.75) is 13.5 Å². The Hall–Kier alpha value is -4.77. The Morgan fingerprint density at radius 2 is 1.27 bits per heavy atom. The summed E-state index contributed by atoms with van der Waals surface area (Å²) >= 11 is 1.74. The zero-order valence-corrected chi connectivity index (χ0v) is 23.9. The maximum Gasteiger partial charge on any atom is 0.123 e. The minimum absolute atomic E-state index is 0.133. The van der Waals surface area contributed by atoms with E-state index in [9.17, 15) is 0 Å². The summed E-state index contributed by atoms with van der Waals surface area (Å²) in [5.74, 6) is 0.133. The third-order valence-corrected chi connectivity index (χ3v) is 8.03. The van der Waals surface area contributed by atoms with E-state index in [4.69, 9.17) is 16.9 Å². The molecule has 0 atom stereocenters. The first kappa shape index (κ1) is 27.8. The smallest absolute Gasteiger partial charge is 0.123 e. The van der Waals surface area contributed by atoms with Crippen LogP contribution in [0.3, 0.4) is 0 Å². The highest BCUT2D eigenvalue weighted by Crippen LogP contribution is 2.35. The van der Waals surface area contributed by atoms with E-state index in [-0.39, 0.29) is 5.84 Å². The van der Waals surface area contributed by atoms with Crippen LogP contribution in [0.1, 0.15) is 16.7 Å². The Labute approximate surface area is 245 Å². The molecule has 0 unspecified atom stereocenters. The molecule has 0 radical (unpaired) electrons. The topological polar surface area (TPSA) is 75.9 Å². The van der Waals surface area contributed by atoms with Gasteiger partial charge in [-0.05, 0) is 46.5 Å². The van der Waals surface area contributed by atoms with Crippen molar-refractivity contribution in [1.82, 2.24) is 0 Å². The van der Waals surface area contributed by atoms with E-state index in [0.29, 0.717) is 6.54 Å². The summed E-state index contributed by atoms with van der Waals surface area (Å²) in [6.45, 7) is 2.72. The molecular formula is C37H33N3S. The van der Waals surface area contributed by atoms with E-state index < -0.39 is 0 Å². The molecule has 0 saturated heterocycles. The first-order chi connectivity index (χ1) is 20.0. The number of nitrogens with one attached hydrogen (secondary N) is 1. The molecule has 4 heteroatoms. The van der Waals surface area contributed by atoms with Crippen LogP contribution >= 0.6 is 11.3 Å². The fourth-order valence-electron chi connectivity index (χ4n) is 4.77. The largest absolute Gasteiger partial charge is 0.384 e. The molecule has 6 aromatic carbocycles. The Morgan fingerprint density at radius 3 is 2.00 bits per heavy atom. The van der Waals surface area contributed by atoms with Gasteiger partial charge in [0, 0.05) is 32.3 Å². The third-order valence-electron chi connectivity index (χ3n) is 6.89. The minimum atomic E-state index is 0.133. The van der Waals surface area contributed by atoms with Crippen LogP contribution in [-0.4, -0.2) is 5.84 Å². The third kappa shape index (κ3) is 6.69. The predicted molar refractivity (Wildman–Crippen MR) is 179 cm³/mol. The second-order valence-corrected chi connectivity index (χ2v) is 10.9. The first-order valence-corrected chi connectivity index (χ1v) is 14.4. The molecule has 0 spiro atoms. The van der Waals surface area contributed by atoms with Gasteiger partial charge < -0.3 is 11.5 Å². The van der Waals surface area contributed by atoms with Crippen molar-refractivity contribution in [2.75, 3.05) is 0 Å². The first-order valence-electron chi connectivity index (χ1n) is 13.6. The quantitative estimate of drug-likeness (QED) is 0.151. The highest BCUT2D eigenvalue weighted by molar-refractivity contribution is 7.25. The summed E-state index contributed by atoms with van der Waals surface area (Å²) < 4.78 is 2.43. The molecule has 3 nitrogen and oxygen atoms in total. The molecule has 7 rings (SSSR count). The molecule has 0 saturated carbocycles.